The molecule has 2 rings (SSSR count). The van der Waals surface area contributed by atoms with Crippen LogP contribution in [0.5, 0.6) is 0 Å². The van der Waals surface area contributed by atoms with E-state index >= 15 is 0 Å². The van der Waals surface area contributed by atoms with E-state index in [0.717, 1.165) is 3.79 Å². The first-order valence-corrected chi connectivity index (χ1v) is 11.2. The zero-order valence-corrected chi connectivity index (χ0v) is 17.4. The normalized spacial score (nSPS) is 18.4. The molecule has 1 aromatic heterocycles. The second kappa shape index (κ2) is 8.16. The van der Waals surface area contributed by atoms with Crippen molar-refractivity contribution in [3.05, 3.63) is 20.8 Å². The molecule has 1 saturated heterocycles. The molecule has 136 valence electrons. The molecule has 0 atom stereocenters. The maximum absolute atomic E-state index is 12.3. The number of nitrogens with one attached hydrogen (secondary N) is 1. The molecule has 1 aliphatic rings. The summed E-state index contributed by atoms with van der Waals surface area (Å²) in [6.07, 6.45) is 2.34. The lowest BCUT2D eigenvalue weighted by Crippen LogP contribution is -2.53. The summed E-state index contributed by atoms with van der Waals surface area (Å²) in [7, 11) is 0.460. The van der Waals surface area contributed by atoms with Crippen molar-refractivity contribution in [2.45, 2.75) is 24.1 Å². The Hall–Kier alpha value is -0.640. The van der Waals surface area contributed by atoms with Gasteiger partial charge in [-0.1, -0.05) is 0 Å². The van der Waals surface area contributed by atoms with E-state index in [4.69, 9.17) is 4.74 Å². The summed E-state index contributed by atoms with van der Waals surface area (Å²) in [5.74, 6) is 0.689. The van der Waals surface area contributed by atoms with E-state index in [1.54, 1.807) is 18.4 Å². The number of nitrogens with zero attached hydrogens (tertiary/aromatic N) is 2. The minimum atomic E-state index is -3.19. The Morgan fingerprint density at radius 3 is 2.62 bits per heavy atom. The van der Waals surface area contributed by atoms with E-state index in [9.17, 15) is 8.42 Å². The lowest BCUT2D eigenvalue weighted by molar-refractivity contribution is 0.0755. The van der Waals surface area contributed by atoms with Crippen LogP contribution in [0, 0.1) is 0 Å². The molecule has 0 unspecified atom stereocenters. The maximum atomic E-state index is 12.3. The number of hydrogen-bond donors (Lipinski definition) is 1. The Bertz CT molecular complexity index is 682. The van der Waals surface area contributed by atoms with Crippen LogP contribution < -0.4 is 5.32 Å². The predicted molar refractivity (Wildman–Crippen MR) is 102 cm³/mol. The molecule has 6 nitrogen and oxygen atoms in total. The number of ether oxygens (including phenoxy) is 1. The first kappa shape index (κ1) is 19.7. The fraction of sp³-hybridized carbons (Fsp3) is 0.667. The number of aliphatic imine (C=N–C) groups is 1. The van der Waals surface area contributed by atoms with Crippen LogP contribution in [0.3, 0.4) is 0 Å². The molecule has 1 aromatic rings. The van der Waals surface area contributed by atoms with Crippen LogP contribution in [0.2, 0.25) is 0 Å². The van der Waals surface area contributed by atoms with Gasteiger partial charge >= 0.3 is 0 Å². The number of hydrogen-bond acceptors (Lipinski definition) is 5. The van der Waals surface area contributed by atoms with Gasteiger partial charge in [-0.15, -0.1) is 11.3 Å². The largest absolute Gasteiger partial charge is 0.381 e. The summed E-state index contributed by atoms with van der Waals surface area (Å²) in [5, 5.41) is 3.25. The highest BCUT2D eigenvalue weighted by molar-refractivity contribution is 9.11. The monoisotopic (exact) mass is 437 g/mol. The predicted octanol–water partition coefficient (Wildman–Crippen LogP) is 2.11. The quantitative estimate of drug-likeness (QED) is 0.563. The molecule has 9 heteroatoms. The van der Waals surface area contributed by atoms with Crippen molar-refractivity contribution in [3.8, 4) is 0 Å². The van der Waals surface area contributed by atoms with E-state index in [0.29, 0.717) is 45.1 Å². The fourth-order valence-electron chi connectivity index (χ4n) is 2.79. The molecule has 1 N–H and O–H groups in total. The smallest absolute Gasteiger partial charge is 0.193 e. The van der Waals surface area contributed by atoms with Crippen LogP contribution in [0.25, 0.3) is 0 Å². The molecule has 0 saturated carbocycles. The van der Waals surface area contributed by atoms with Crippen LogP contribution in [0.15, 0.2) is 20.9 Å². The molecule has 24 heavy (non-hydrogen) atoms. The van der Waals surface area contributed by atoms with E-state index in [1.807, 2.05) is 18.0 Å². The molecule has 0 aromatic carbocycles. The van der Waals surface area contributed by atoms with Crippen LogP contribution in [0.4, 0.5) is 0 Å². The van der Waals surface area contributed by atoms with E-state index < -0.39 is 14.6 Å². The molecule has 1 aliphatic heterocycles. The molecule has 0 spiro atoms. The molecule has 2 heterocycles. The first-order chi connectivity index (χ1) is 11.3. The summed E-state index contributed by atoms with van der Waals surface area (Å²) >= 11 is 5.14. The van der Waals surface area contributed by atoms with E-state index in [1.165, 1.54) is 11.1 Å². The zero-order valence-electron chi connectivity index (χ0n) is 14.2. The zero-order chi connectivity index (χ0) is 17.8. The van der Waals surface area contributed by atoms with Crippen molar-refractivity contribution in [2.75, 3.05) is 40.1 Å². The second-order valence-electron chi connectivity index (χ2n) is 6.03. The number of rotatable bonds is 5. The van der Waals surface area contributed by atoms with Gasteiger partial charge in [0.1, 0.15) is 0 Å². The molecule has 0 radical (unpaired) electrons. The third-order valence-electron chi connectivity index (χ3n) is 4.35. The molecular weight excluding hydrogens is 414 g/mol. The molecule has 0 bridgehead atoms. The Kier molecular flexibility index (Phi) is 6.69. The Balaban J connectivity index is 2.03. The highest BCUT2D eigenvalue weighted by atomic mass is 79.9. The van der Waals surface area contributed by atoms with E-state index in [-0.39, 0.29) is 0 Å². The number of halogens is 1. The van der Waals surface area contributed by atoms with Gasteiger partial charge in [-0.25, -0.2) is 8.42 Å². The summed E-state index contributed by atoms with van der Waals surface area (Å²) in [4.78, 5) is 7.49. The fourth-order valence-corrected chi connectivity index (χ4v) is 5.57. The molecular formula is C15H24BrN3O3S2. The highest BCUT2D eigenvalue weighted by Crippen LogP contribution is 2.28. The summed E-state index contributed by atoms with van der Waals surface area (Å²) < 4.78 is 30.3. The SMILES string of the molecule is CN=C(NCC1(S(C)(=O)=O)CCOCC1)N(C)Cc1ccc(Br)s1. The lowest BCUT2D eigenvalue weighted by atomic mass is 9.99. The Labute approximate surface area is 156 Å². The average molecular weight is 438 g/mol. The van der Waals surface area contributed by atoms with Crippen molar-refractivity contribution < 1.29 is 13.2 Å². The topological polar surface area (TPSA) is 71.0 Å². The van der Waals surface area contributed by atoms with Crippen molar-refractivity contribution >= 4 is 43.1 Å². The first-order valence-electron chi connectivity index (χ1n) is 7.71. The maximum Gasteiger partial charge on any atom is 0.193 e. The summed E-state index contributed by atoms with van der Waals surface area (Å²) in [5.41, 5.74) is 0. The van der Waals surface area contributed by atoms with Gasteiger partial charge < -0.3 is 15.0 Å². The van der Waals surface area contributed by atoms with Crippen molar-refractivity contribution in [3.63, 3.8) is 0 Å². The minimum Gasteiger partial charge on any atom is -0.381 e. The third kappa shape index (κ3) is 4.71. The van der Waals surface area contributed by atoms with Crippen LogP contribution in [-0.4, -0.2) is 64.1 Å². The summed E-state index contributed by atoms with van der Waals surface area (Å²) in [6, 6.07) is 4.08. The van der Waals surface area contributed by atoms with Gasteiger partial charge in [-0.05, 0) is 40.9 Å². The lowest BCUT2D eigenvalue weighted by Gasteiger charge is -2.36. The number of sulfone groups is 1. The van der Waals surface area contributed by atoms with Gasteiger partial charge in [0.05, 0.1) is 15.1 Å². The van der Waals surface area contributed by atoms with Crippen molar-refractivity contribution in [1.82, 2.24) is 10.2 Å². The van der Waals surface area contributed by atoms with Gasteiger partial charge in [-0.3, -0.25) is 4.99 Å². The van der Waals surface area contributed by atoms with Gasteiger partial charge in [0.15, 0.2) is 15.8 Å². The van der Waals surface area contributed by atoms with Gasteiger partial charge in [-0.2, -0.15) is 0 Å². The Morgan fingerprint density at radius 2 is 2.12 bits per heavy atom. The highest BCUT2D eigenvalue weighted by Gasteiger charge is 2.42. The van der Waals surface area contributed by atoms with Crippen LogP contribution in [0.1, 0.15) is 17.7 Å². The number of thiophene rings is 1. The minimum absolute atomic E-state index is 0.348. The van der Waals surface area contributed by atoms with Gasteiger partial charge in [0.25, 0.3) is 0 Å². The second-order valence-corrected chi connectivity index (χ2v) is 11.0. The number of guanidine groups is 1. The van der Waals surface area contributed by atoms with Crippen molar-refractivity contribution in [1.29, 1.82) is 0 Å². The van der Waals surface area contributed by atoms with Gasteiger partial charge in [0, 0.05) is 45.0 Å². The average Bonchev–Trinajstić information content (AvgIpc) is 2.92. The van der Waals surface area contributed by atoms with Crippen LogP contribution in [-0.2, 0) is 21.1 Å². The van der Waals surface area contributed by atoms with Crippen LogP contribution >= 0.6 is 27.3 Å². The molecule has 0 amide bonds. The molecule has 0 aliphatic carbocycles. The Morgan fingerprint density at radius 1 is 1.46 bits per heavy atom. The third-order valence-corrected chi connectivity index (χ3v) is 8.09. The van der Waals surface area contributed by atoms with Crippen molar-refractivity contribution in [2.24, 2.45) is 4.99 Å². The standard InChI is InChI=1S/C15H24BrN3O3S2/c1-17-14(19(2)10-12-4-5-13(16)23-12)18-11-15(24(3,20)21)6-8-22-9-7-15/h4-5H,6-11H2,1-3H3,(H,17,18). The van der Waals surface area contributed by atoms with Gasteiger partial charge in [0.2, 0.25) is 0 Å². The summed E-state index contributed by atoms with van der Waals surface area (Å²) in [6.45, 7) is 2.02. The van der Waals surface area contributed by atoms with E-state index in [2.05, 4.69) is 32.3 Å². The molecule has 1 fully saturated rings.